The molecule has 0 atom stereocenters. The minimum atomic E-state index is -3.66. The Morgan fingerprint density at radius 2 is 2.05 bits per heavy atom. The number of hydrogen-bond acceptors (Lipinski definition) is 3. The Bertz CT molecular complexity index is 746. The highest BCUT2D eigenvalue weighted by Gasteiger charge is 2.24. The van der Waals surface area contributed by atoms with Gasteiger partial charge in [0.1, 0.15) is 4.90 Å². The Labute approximate surface area is 146 Å². The van der Waals surface area contributed by atoms with Gasteiger partial charge in [-0.2, -0.15) is 4.31 Å². The van der Waals surface area contributed by atoms with Crippen LogP contribution in [0.2, 0.25) is 5.02 Å². The molecule has 8 heteroatoms. The predicted octanol–water partition coefficient (Wildman–Crippen LogP) is 4.72. The molecule has 0 unspecified atom stereocenters. The molecule has 0 bridgehead atoms. The third-order valence-corrected chi connectivity index (χ3v) is 7.11. The summed E-state index contributed by atoms with van der Waals surface area (Å²) < 4.78 is 27.5. The number of thiophene rings is 1. The van der Waals surface area contributed by atoms with E-state index < -0.39 is 10.0 Å². The van der Waals surface area contributed by atoms with Crippen molar-refractivity contribution in [1.82, 2.24) is 4.31 Å². The van der Waals surface area contributed by atoms with Crippen LogP contribution in [0, 0.1) is 0 Å². The number of alkyl halides is 1. The highest BCUT2D eigenvalue weighted by atomic mass is 79.9. The van der Waals surface area contributed by atoms with Crippen LogP contribution in [0.4, 0.5) is 0 Å². The number of halogens is 3. The Kier molecular flexibility index (Phi) is 5.73. The molecule has 2 rings (SSSR count). The van der Waals surface area contributed by atoms with E-state index in [4.69, 9.17) is 23.2 Å². The molecule has 0 radical (unpaired) electrons. The minimum Gasteiger partial charge on any atom is -0.207 e. The fourth-order valence-corrected chi connectivity index (χ4v) is 5.16. The Morgan fingerprint density at radius 3 is 2.62 bits per heavy atom. The molecule has 0 aliphatic carbocycles. The van der Waals surface area contributed by atoms with E-state index in [0.29, 0.717) is 12.1 Å². The van der Waals surface area contributed by atoms with Gasteiger partial charge >= 0.3 is 0 Å². The summed E-state index contributed by atoms with van der Waals surface area (Å²) in [6.45, 7) is 0.292. The van der Waals surface area contributed by atoms with Crippen molar-refractivity contribution in [3.8, 4) is 0 Å². The van der Waals surface area contributed by atoms with E-state index in [1.165, 1.54) is 28.8 Å². The molecule has 0 N–H and O–H groups in total. The van der Waals surface area contributed by atoms with Crippen LogP contribution in [0.15, 0.2) is 39.0 Å². The van der Waals surface area contributed by atoms with E-state index in [1.807, 2.05) is 11.4 Å². The minimum absolute atomic E-state index is 0.0837. The quantitative estimate of drug-likeness (QED) is 0.645. The second kappa shape index (κ2) is 6.98. The fourth-order valence-electron chi connectivity index (χ4n) is 1.74. The Morgan fingerprint density at radius 1 is 1.33 bits per heavy atom. The summed E-state index contributed by atoms with van der Waals surface area (Å²) in [5, 5.41) is 2.11. The number of rotatable bonds is 5. The summed E-state index contributed by atoms with van der Waals surface area (Å²) in [7, 11) is -2.12. The van der Waals surface area contributed by atoms with Crippen molar-refractivity contribution in [3.63, 3.8) is 0 Å². The highest BCUT2D eigenvalue weighted by Crippen LogP contribution is 2.28. The van der Waals surface area contributed by atoms with E-state index in [9.17, 15) is 8.42 Å². The van der Waals surface area contributed by atoms with Gasteiger partial charge in [-0.3, -0.25) is 0 Å². The van der Waals surface area contributed by atoms with Crippen LogP contribution in [-0.2, 0) is 22.4 Å². The maximum absolute atomic E-state index is 12.6. The van der Waals surface area contributed by atoms with E-state index >= 15 is 0 Å². The normalized spacial score (nSPS) is 12.0. The van der Waals surface area contributed by atoms with Crippen LogP contribution >= 0.6 is 50.5 Å². The lowest BCUT2D eigenvalue weighted by atomic mass is 10.2. The first-order valence-electron chi connectivity index (χ1n) is 5.88. The predicted molar refractivity (Wildman–Crippen MR) is 91.7 cm³/mol. The Hall–Kier alpha value is -0.110. The SMILES string of the molecule is CN(Cc1cc(Br)cs1)S(=O)(=O)c1cc(CCl)ccc1Cl. The fraction of sp³-hybridized carbons (Fsp3) is 0.231. The maximum atomic E-state index is 12.6. The molecule has 2 aromatic rings. The molecule has 0 saturated heterocycles. The van der Waals surface area contributed by atoms with Crippen LogP contribution in [0.3, 0.4) is 0 Å². The molecule has 0 aliphatic rings. The summed E-state index contributed by atoms with van der Waals surface area (Å²) in [5.41, 5.74) is 0.715. The van der Waals surface area contributed by atoms with Crippen molar-refractivity contribution in [2.75, 3.05) is 7.05 Å². The van der Waals surface area contributed by atoms with E-state index in [-0.39, 0.29) is 15.8 Å². The average Bonchev–Trinajstić information content (AvgIpc) is 2.84. The molecular weight excluding hydrogens is 417 g/mol. The average molecular weight is 429 g/mol. The standard InChI is InChI=1S/C13H12BrCl2NO2S2/c1-17(7-11-5-10(14)8-20-11)21(18,19)13-4-9(6-15)2-3-12(13)16/h2-5,8H,6-7H2,1H3. The number of hydrogen-bond donors (Lipinski definition) is 0. The number of benzene rings is 1. The first kappa shape index (κ1) is 17.2. The van der Waals surface area contributed by atoms with Crippen molar-refractivity contribution < 1.29 is 8.42 Å². The summed E-state index contributed by atoms with van der Waals surface area (Å²) in [4.78, 5) is 1.03. The lowest BCUT2D eigenvalue weighted by Gasteiger charge is -2.17. The first-order chi connectivity index (χ1) is 9.84. The highest BCUT2D eigenvalue weighted by molar-refractivity contribution is 9.10. The van der Waals surface area contributed by atoms with Crippen molar-refractivity contribution in [3.05, 3.63) is 49.6 Å². The van der Waals surface area contributed by atoms with Crippen molar-refractivity contribution >= 4 is 60.5 Å². The number of nitrogens with zero attached hydrogens (tertiary/aromatic N) is 1. The molecule has 0 amide bonds. The van der Waals surface area contributed by atoms with Gasteiger partial charge in [0, 0.05) is 34.2 Å². The van der Waals surface area contributed by atoms with Crippen LogP contribution in [0.1, 0.15) is 10.4 Å². The second-order valence-corrected chi connectivity index (χ2v) is 8.99. The van der Waals surface area contributed by atoms with Gasteiger partial charge in [-0.05, 0) is 39.7 Å². The van der Waals surface area contributed by atoms with Gasteiger partial charge in [-0.25, -0.2) is 8.42 Å². The molecule has 0 spiro atoms. The second-order valence-electron chi connectivity index (χ2n) is 4.39. The largest absolute Gasteiger partial charge is 0.244 e. The molecule has 0 aliphatic heterocycles. The third kappa shape index (κ3) is 4.00. The Balaban J connectivity index is 2.32. The van der Waals surface area contributed by atoms with Crippen molar-refractivity contribution in [1.29, 1.82) is 0 Å². The van der Waals surface area contributed by atoms with Gasteiger partial charge in [0.25, 0.3) is 0 Å². The summed E-state index contributed by atoms with van der Waals surface area (Å²) in [5.74, 6) is 0.237. The van der Waals surface area contributed by atoms with Crippen LogP contribution in [0.5, 0.6) is 0 Å². The van der Waals surface area contributed by atoms with Crippen LogP contribution in [-0.4, -0.2) is 19.8 Å². The first-order valence-corrected chi connectivity index (χ1v) is 9.90. The summed E-state index contributed by atoms with van der Waals surface area (Å²) in [6.07, 6.45) is 0. The lowest BCUT2D eigenvalue weighted by molar-refractivity contribution is 0.469. The zero-order valence-corrected chi connectivity index (χ0v) is 15.7. The smallest absolute Gasteiger partial charge is 0.207 e. The van der Waals surface area contributed by atoms with Crippen LogP contribution in [0.25, 0.3) is 0 Å². The topological polar surface area (TPSA) is 37.4 Å². The lowest BCUT2D eigenvalue weighted by Crippen LogP contribution is -2.26. The summed E-state index contributed by atoms with van der Waals surface area (Å²) >= 11 is 16.6. The molecular formula is C13H12BrCl2NO2S2. The number of sulfonamides is 1. The third-order valence-electron chi connectivity index (χ3n) is 2.84. The van der Waals surface area contributed by atoms with E-state index in [0.717, 1.165) is 9.35 Å². The summed E-state index contributed by atoms with van der Waals surface area (Å²) in [6, 6.07) is 6.69. The molecule has 1 aromatic carbocycles. The monoisotopic (exact) mass is 427 g/mol. The molecule has 0 saturated carbocycles. The zero-order valence-electron chi connectivity index (χ0n) is 11.0. The molecule has 1 aromatic heterocycles. The molecule has 114 valence electrons. The van der Waals surface area contributed by atoms with Gasteiger partial charge < -0.3 is 0 Å². The van der Waals surface area contributed by atoms with Crippen LogP contribution < -0.4 is 0 Å². The molecule has 0 fully saturated rings. The van der Waals surface area contributed by atoms with Gasteiger partial charge in [-0.1, -0.05) is 17.7 Å². The van der Waals surface area contributed by atoms with Crippen molar-refractivity contribution in [2.24, 2.45) is 0 Å². The molecule has 21 heavy (non-hydrogen) atoms. The van der Waals surface area contributed by atoms with Gasteiger partial charge in [0.05, 0.1) is 5.02 Å². The van der Waals surface area contributed by atoms with E-state index in [1.54, 1.807) is 12.1 Å². The van der Waals surface area contributed by atoms with Gasteiger partial charge in [-0.15, -0.1) is 22.9 Å². The van der Waals surface area contributed by atoms with Gasteiger partial charge in [0.15, 0.2) is 0 Å². The molecule has 1 heterocycles. The molecule has 3 nitrogen and oxygen atoms in total. The van der Waals surface area contributed by atoms with E-state index in [2.05, 4.69) is 15.9 Å². The van der Waals surface area contributed by atoms with Gasteiger partial charge in [0.2, 0.25) is 10.0 Å². The van der Waals surface area contributed by atoms with Crippen molar-refractivity contribution in [2.45, 2.75) is 17.3 Å². The zero-order chi connectivity index (χ0) is 15.6. The maximum Gasteiger partial charge on any atom is 0.244 e.